The molecule has 0 heterocycles. The van der Waals surface area contributed by atoms with Crippen molar-refractivity contribution in [2.45, 2.75) is 0 Å². The van der Waals surface area contributed by atoms with E-state index in [9.17, 15) is 14.7 Å². The van der Waals surface area contributed by atoms with Gasteiger partial charge in [0.1, 0.15) is 11.5 Å². The highest BCUT2D eigenvalue weighted by molar-refractivity contribution is 5.95. The lowest BCUT2D eigenvalue weighted by Gasteiger charge is -2.08. The summed E-state index contributed by atoms with van der Waals surface area (Å²) in [5.74, 6) is -0.594. The lowest BCUT2D eigenvalue weighted by Crippen LogP contribution is -2.20. The first-order valence-corrected chi connectivity index (χ1v) is 6.48. The Hall–Kier alpha value is -3.02. The molecule has 0 radical (unpaired) electrons. The highest BCUT2D eigenvalue weighted by atomic mass is 16.5. The number of rotatable bonds is 5. The van der Waals surface area contributed by atoms with E-state index in [4.69, 9.17) is 9.47 Å². The molecular weight excluding hydrogens is 286 g/mol. The van der Waals surface area contributed by atoms with Crippen LogP contribution in [-0.4, -0.2) is 30.7 Å². The van der Waals surface area contributed by atoms with Gasteiger partial charge >= 0.3 is 5.97 Å². The zero-order chi connectivity index (χ0) is 15.9. The average molecular weight is 301 g/mol. The molecule has 0 saturated heterocycles. The molecule has 2 aromatic rings. The zero-order valence-corrected chi connectivity index (χ0v) is 11.9. The maximum atomic E-state index is 11.7. The molecule has 0 aliphatic rings. The molecule has 6 heteroatoms. The van der Waals surface area contributed by atoms with Crippen molar-refractivity contribution >= 4 is 17.6 Å². The van der Waals surface area contributed by atoms with Crippen molar-refractivity contribution in [2.75, 3.05) is 19.0 Å². The van der Waals surface area contributed by atoms with Crippen molar-refractivity contribution in [1.29, 1.82) is 0 Å². The van der Waals surface area contributed by atoms with Gasteiger partial charge in [0.2, 0.25) is 0 Å². The minimum Gasteiger partial charge on any atom is -0.508 e. The van der Waals surface area contributed by atoms with E-state index in [2.05, 4.69) is 5.32 Å². The Balaban J connectivity index is 1.88. The number of amides is 1. The van der Waals surface area contributed by atoms with E-state index in [1.807, 2.05) is 0 Å². The number of carbonyl (C=O) groups is 2. The van der Waals surface area contributed by atoms with Crippen LogP contribution in [0.4, 0.5) is 5.69 Å². The van der Waals surface area contributed by atoms with Crippen molar-refractivity contribution in [1.82, 2.24) is 0 Å². The van der Waals surface area contributed by atoms with E-state index >= 15 is 0 Å². The van der Waals surface area contributed by atoms with Crippen molar-refractivity contribution in [3.05, 3.63) is 54.1 Å². The fourth-order valence-corrected chi connectivity index (χ4v) is 1.75. The summed E-state index contributed by atoms with van der Waals surface area (Å²) in [5, 5.41) is 11.9. The van der Waals surface area contributed by atoms with Gasteiger partial charge in [-0.1, -0.05) is 12.1 Å². The number of carbonyl (C=O) groups excluding carboxylic acids is 2. The zero-order valence-electron chi connectivity index (χ0n) is 11.9. The Morgan fingerprint density at radius 1 is 1.14 bits per heavy atom. The van der Waals surface area contributed by atoms with Crippen LogP contribution in [-0.2, 0) is 9.53 Å². The number of hydrogen-bond acceptors (Lipinski definition) is 5. The van der Waals surface area contributed by atoms with Crippen LogP contribution >= 0.6 is 0 Å². The second-order valence-electron chi connectivity index (χ2n) is 4.41. The Morgan fingerprint density at radius 3 is 2.64 bits per heavy atom. The summed E-state index contributed by atoms with van der Waals surface area (Å²) < 4.78 is 9.92. The fourth-order valence-electron chi connectivity index (χ4n) is 1.75. The summed E-state index contributed by atoms with van der Waals surface area (Å²) in [6.07, 6.45) is 0. The van der Waals surface area contributed by atoms with Crippen molar-refractivity contribution in [3.8, 4) is 11.5 Å². The topological polar surface area (TPSA) is 84.9 Å². The second-order valence-corrected chi connectivity index (χ2v) is 4.41. The van der Waals surface area contributed by atoms with E-state index < -0.39 is 18.5 Å². The van der Waals surface area contributed by atoms with Gasteiger partial charge < -0.3 is 19.9 Å². The molecule has 0 spiro atoms. The molecule has 0 atom stereocenters. The highest BCUT2D eigenvalue weighted by Crippen LogP contribution is 2.16. The first-order chi connectivity index (χ1) is 10.6. The monoisotopic (exact) mass is 301 g/mol. The van der Waals surface area contributed by atoms with Gasteiger partial charge in [0, 0.05) is 11.8 Å². The van der Waals surface area contributed by atoms with Gasteiger partial charge in [-0.05, 0) is 30.3 Å². The third-order valence-corrected chi connectivity index (χ3v) is 2.77. The van der Waals surface area contributed by atoms with Crippen molar-refractivity contribution < 1.29 is 24.2 Å². The van der Waals surface area contributed by atoms with Crippen LogP contribution in [0.2, 0.25) is 0 Å². The van der Waals surface area contributed by atoms with Crippen molar-refractivity contribution in [2.24, 2.45) is 0 Å². The molecule has 2 rings (SSSR count). The lowest BCUT2D eigenvalue weighted by molar-refractivity contribution is -0.119. The Bertz CT molecular complexity index is 684. The van der Waals surface area contributed by atoms with Gasteiger partial charge in [-0.2, -0.15) is 0 Å². The summed E-state index contributed by atoms with van der Waals surface area (Å²) in [5.41, 5.74) is 0.715. The number of benzene rings is 2. The molecule has 0 unspecified atom stereocenters. The summed E-state index contributed by atoms with van der Waals surface area (Å²) in [6, 6.07) is 12.5. The fraction of sp³-hybridized carbons (Fsp3) is 0.125. The number of phenolic OH excluding ortho intramolecular Hbond substituents is 1. The van der Waals surface area contributed by atoms with Gasteiger partial charge in [-0.3, -0.25) is 4.79 Å². The molecule has 2 aromatic carbocycles. The SMILES string of the molecule is COc1cccc(NC(=O)COC(=O)c2cccc(O)c2)c1. The quantitative estimate of drug-likeness (QED) is 0.827. The smallest absolute Gasteiger partial charge is 0.338 e. The molecule has 2 N–H and O–H groups in total. The largest absolute Gasteiger partial charge is 0.508 e. The van der Waals surface area contributed by atoms with Crippen LogP contribution in [0.15, 0.2) is 48.5 Å². The number of hydrogen-bond donors (Lipinski definition) is 2. The predicted octanol–water partition coefficient (Wildman–Crippen LogP) is 2.20. The number of aromatic hydroxyl groups is 1. The van der Waals surface area contributed by atoms with Crippen molar-refractivity contribution in [3.63, 3.8) is 0 Å². The minimum atomic E-state index is -0.684. The second kappa shape index (κ2) is 7.12. The van der Waals surface area contributed by atoms with Crippen LogP contribution in [0.5, 0.6) is 11.5 Å². The number of esters is 1. The first-order valence-electron chi connectivity index (χ1n) is 6.48. The van der Waals surface area contributed by atoms with E-state index in [0.717, 1.165) is 0 Å². The molecular formula is C16H15NO5. The molecule has 0 aliphatic carbocycles. The standard InChI is InChI=1S/C16H15NO5/c1-21-14-7-3-5-12(9-14)17-15(19)10-22-16(20)11-4-2-6-13(18)8-11/h2-9,18H,10H2,1H3,(H,17,19). The molecule has 0 aromatic heterocycles. The van der Waals surface area contributed by atoms with Crippen LogP contribution in [0.25, 0.3) is 0 Å². The van der Waals surface area contributed by atoms with Gasteiger partial charge in [-0.15, -0.1) is 0 Å². The van der Waals surface area contributed by atoms with Gasteiger partial charge in [0.15, 0.2) is 6.61 Å². The van der Waals surface area contributed by atoms with E-state index in [1.54, 1.807) is 24.3 Å². The molecule has 0 bridgehead atoms. The van der Waals surface area contributed by atoms with Crippen LogP contribution in [0.3, 0.4) is 0 Å². The maximum Gasteiger partial charge on any atom is 0.338 e. The van der Waals surface area contributed by atoms with E-state index in [1.165, 1.54) is 31.4 Å². The Kier molecular flexibility index (Phi) is 4.98. The number of ether oxygens (including phenoxy) is 2. The minimum absolute atomic E-state index is 0.0460. The molecule has 0 aliphatic heterocycles. The lowest BCUT2D eigenvalue weighted by atomic mass is 10.2. The van der Waals surface area contributed by atoms with Crippen LogP contribution in [0, 0.1) is 0 Å². The summed E-state index contributed by atoms with van der Waals surface area (Å²) in [6.45, 7) is -0.425. The first kappa shape index (κ1) is 15.4. The molecule has 0 saturated carbocycles. The van der Waals surface area contributed by atoms with Gasteiger partial charge in [-0.25, -0.2) is 4.79 Å². The average Bonchev–Trinajstić information content (AvgIpc) is 2.52. The van der Waals surface area contributed by atoms with Crippen LogP contribution in [0.1, 0.15) is 10.4 Å². The Morgan fingerprint density at radius 2 is 1.91 bits per heavy atom. The number of phenols is 1. The predicted molar refractivity (Wildman–Crippen MR) is 80.0 cm³/mol. The number of methoxy groups -OCH3 is 1. The van der Waals surface area contributed by atoms with E-state index in [0.29, 0.717) is 11.4 Å². The summed E-state index contributed by atoms with van der Waals surface area (Å²) in [4.78, 5) is 23.5. The summed E-state index contributed by atoms with van der Waals surface area (Å²) in [7, 11) is 1.53. The maximum absolute atomic E-state index is 11.7. The van der Waals surface area contributed by atoms with Gasteiger partial charge in [0.05, 0.1) is 12.7 Å². The Labute approximate surface area is 127 Å². The normalized spacial score (nSPS) is 9.86. The van der Waals surface area contributed by atoms with Gasteiger partial charge in [0.25, 0.3) is 5.91 Å². The molecule has 6 nitrogen and oxygen atoms in total. The number of anilines is 1. The molecule has 0 fully saturated rings. The van der Waals surface area contributed by atoms with Crippen LogP contribution < -0.4 is 10.1 Å². The van der Waals surface area contributed by atoms with E-state index in [-0.39, 0.29) is 11.3 Å². The molecule has 114 valence electrons. The molecule has 1 amide bonds. The third kappa shape index (κ3) is 4.24. The molecule has 22 heavy (non-hydrogen) atoms. The number of nitrogens with one attached hydrogen (secondary N) is 1. The highest BCUT2D eigenvalue weighted by Gasteiger charge is 2.11. The third-order valence-electron chi connectivity index (χ3n) is 2.77. The summed E-state index contributed by atoms with van der Waals surface area (Å²) >= 11 is 0.